The van der Waals surface area contributed by atoms with Crippen LogP contribution in [0.2, 0.25) is 5.15 Å². The van der Waals surface area contributed by atoms with Crippen molar-refractivity contribution in [3.8, 4) is 0 Å². The molecule has 2 rings (SSSR count). The van der Waals surface area contributed by atoms with Gasteiger partial charge >= 0.3 is 0 Å². The fraction of sp³-hybridized carbons (Fsp3) is 0.688. The molecule has 1 N–H and O–H groups in total. The second-order valence-corrected chi connectivity index (χ2v) is 7.25. The van der Waals surface area contributed by atoms with Gasteiger partial charge in [0.2, 0.25) is 0 Å². The first-order valence-electron chi connectivity index (χ1n) is 7.25. The molecule has 1 aliphatic carbocycles. The Hall–Kier alpha value is -0.760. The van der Waals surface area contributed by atoms with Gasteiger partial charge in [-0.25, -0.2) is 4.98 Å². The monoisotopic (exact) mass is 280 g/mol. The summed E-state index contributed by atoms with van der Waals surface area (Å²) >= 11 is 5.95. The molecule has 19 heavy (non-hydrogen) atoms. The number of hydrogen-bond acceptors (Lipinski definition) is 2. The Balaban J connectivity index is 1.90. The highest BCUT2D eigenvalue weighted by Gasteiger charge is 2.29. The second-order valence-electron chi connectivity index (χ2n) is 6.89. The molecule has 0 spiro atoms. The highest BCUT2D eigenvalue weighted by atomic mass is 35.5. The van der Waals surface area contributed by atoms with Crippen LogP contribution in [0, 0.1) is 18.3 Å². The highest BCUT2D eigenvalue weighted by molar-refractivity contribution is 6.30. The van der Waals surface area contributed by atoms with Crippen LogP contribution in [0.1, 0.15) is 52.0 Å². The van der Waals surface area contributed by atoms with Gasteiger partial charge in [-0.15, -0.1) is 0 Å². The predicted molar refractivity (Wildman–Crippen MR) is 82.8 cm³/mol. The number of aryl methyl sites for hydroxylation is 1. The largest absolute Gasteiger partial charge is 0.381 e. The van der Waals surface area contributed by atoms with Crippen LogP contribution in [0.15, 0.2) is 12.3 Å². The first-order valence-corrected chi connectivity index (χ1v) is 7.63. The Kier molecular flexibility index (Phi) is 4.39. The number of nitrogens with zero attached hydrogens (tertiary/aromatic N) is 1. The van der Waals surface area contributed by atoms with Gasteiger partial charge in [0, 0.05) is 6.04 Å². The molecule has 106 valence electrons. The van der Waals surface area contributed by atoms with Crippen LogP contribution in [-0.4, -0.2) is 11.0 Å². The number of aromatic nitrogens is 1. The molecule has 0 radical (unpaired) electrons. The summed E-state index contributed by atoms with van der Waals surface area (Å²) in [6.45, 7) is 9.07. The maximum absolute atomic E-state index is 5.95. The molecule has 0 saturated heterocycles. The van der Waals surface area contributed by atoms with Crippen LogP contribution in [-0.2, 0) is 0 Å². The van der Waals surface area contributed by atoms with Crippen molar-refractivity contribution in [2.24, 2.45) is 11.3 Å². The standard InChI is InChI=1S/C16H25ClN2/c1-11-9-14(10-18-15(11)17)19-13-7-5-12(6-8-13)16(2,3)4/h9-10,12-13,19H,5-8H2,1-4H3. The van der Waals surface area contributed by atoms with Crippen LogP contribution in [0.4, 0.5) is 5.69 Å². The van der Waals surface area contributed by atoms with E-state index in [4.69, 9.17) is 11.6 Å². The summed E-state index contributed by atoms with van der Waals surface area (Å²) in [5.41, 5.74) is 2.58. The quantitative estimate of drug-likeness (QED) is 0.766. The van der Waals surface area contributed by atoms with E-state index in [-0.39, 0.29) is 0 Å². The minimum Gasteiger partial charge on any atom is -0.381 e. The summed E-state index contributed by atoms with van der Waals surface area (Å²) in [7, 11) is 0. The number of pyridine rings is 1. The highest BCUT2D eigenvalue weighted by Crippen LogP contribution is 2.38. The SMILES string of the molecule is Cc1cc(NC2CCC(C(C)(C)C)CC2)cnc1Cl. The van der Waals surface area contributed by atoms with Crippen molar-refractivity contribution in [2.75, 3.05) is 5.32 Å². The van der Waals surface area contributed by atoms with Gasteiger partial charge in [0.05, 0.1) is 11.9 Å². The molecule has 1 aromatic rings. The second kappa shape index (κ2) is 5.70. The Morgan fingerprint density at radius 3 is 2.37 bits per heavy atom. The zero-order chi connectivity index (χ0) is 14.0. The molecule has 2 nitrogen and oxygen atoms in total. The Bertz CT molecular complexity index is 429. The van der Waals surface area contributed by atoms with Crippen molar-refractivity contribution < 1.29 is 0 Å². The van der Waals surface area contributed by atoms with Crippen molar-refractivity contribution in [1.29, 1.82) is 0 Å². The van der Waals surface area contributed by atoms with E-state index in [1.807, 2.05) is 13.1 Å². The average Bonchev–Trinajstić information content (AvgIpc) is 2.33. The molecule has 0 atom stereocenters. The van der Waals surface area contributed by atoms with Crippen LogP contribution < -0.4 is 5.32 Å². The predicted octanol–water partition coefficient (Wildman–Crippen LogP) is 5.06. The van der Waals surface area contributed by atoms with Crippen LogP contribution in [0.3, 0.4) is 0 Å². The lowest BCUT2D eigenvalue weighted by molar-refractivity contribution is 0.173. The zero-order valence-electron chi connectivity index (χ0n) is 12.5. The van der Waals surface area contributed by atoms with Crippen LogP contribution in [0.5, 0.6) is 0 Å². The lowest BCUT2D eigenvalue weighted by atomic mass is 9.71. The van der Waals surface area contributed by atoms with Crippen molar-refractivity contribution in [3.63, 3.8) is 0 Å². The Labute approximate surface area is 122 Å². The van der Waals surface area contributed by atoms with E-state index in [1.54, 1.807) is 0 Å². The molecule has 1 fully saturated rings. The number of anilines is 1. The molecule has 1 aromatic heterocycles. The van der Waals surface area contributed by atoms with Gasteiger partial charge < -0.3 is 5.32 Å². The summed E-state index contributed by atoms with van der Waals surface area (Å²) in [5.74, 6) is 0.857. The van der Waals surface area contributed by atoms with E-state index >= 15 is 0 Å². The molecular weight excluding hydrogens is 256 g/mol. The molecule has 0 unspecified atom stereocenters. The van der Waals surface area contributed by atoms with Gasteiger partial charge in [-0.2, -0.15) is 0 Å². The molecule has 1 saturated carbocycles. The first kappa shape index (κ1) is 14.6. The lowest BCUT2D eigenvalue weighted by Crippen LogP contribution is -2.31. The van der Waals surface area contributed by atoms with E-state index < -0.39 is 0 Å². The normalized spacial score (nSPS) is 24.3. The minimum atomic E-state index is 0.448. The number of hydrogen-bond donors (Lipinski definition) is 1. The van der Waals surface area contributed by atoms with Crippen molar-refractivity contribution in [1.82, 2.24) is 4.98 Å². The van der Waals surface area contributed by atoms with Gasteiger partial charge in [0.25, 0.3) is 0 Å². The Morgan fingerprint density at radius 2 is 1.84 bits per heavy atom. The smallest absolute Gasteiger partial charge is 0.132 e. The fourth-order valence-electron chi connectivity index (χ4n) is 2.98. The van der Waals surface area contributed by atoms with E-state index in [9.17, 15) is 0 Å². The molecule has 3 heteroatoms. The van der Waals surface area contributed by atoms with Crippen molar-refractivity contribution >= 4 is 17.3 Å². The number of rotatable bonds is 2. The van der Waals surface area contributed by atoms with Crippen LogP contribution >= 0.6 is 11.6 Å². The van der Waals surface area contributed by atoms with Gasteiger partial charge in [-0.3, -0.25) is 0 Å². The Morgan fingerprint density at radius 1 is 1.21 bits per heavy atom. The third kappa shape index (κ3) is 3.85. The van der Waals surface area contributed by atoms with Crippen LogP contribution in [0.25, 0.3) is 0 Å². The molecule has 1 heterocycles. The lowest BCUT2D eigenvalue weighted by Gasteiger charge is -2.37. The fourth-order valence-corrected chi connectivity index (χ4v) is 3.08. The summed E-state index contributed by atoms with van der Waals surface area (Å²) in [6.07, 6.45) is 6.99. The maximum atomic E-state index is 5.95. The van der Waals surface area contributed by atoms with E-state index in [2.05, 4.69) is 37.1 Å². The summed E-state index contributed by atoms with van der Waals surface area (Å²) in [6, 6.07) is 2.67. The molecule has 0 aromatic carbocycles. The molecule has 0 amide bonds. The number of nitrogens with one attached hydrogen (secondary N) is 1. The summed E-state index contributed by atoms with van der Waals surface area (Å²) < 4.78 is 0. The summed E-state index contributed by atoms with van der Waals surface area (Å²) in [5, 5.41) is 4.20. The molecule has 0 aliphatic heterocycles. The van der Waals surface area contributed by atoms with Crippen molar-refractivity contribution in [2.45, 2.75) is 59.4 Å². The summed E-state index contributed by atoms with van der Waals surface area (Å²) in [4.78, 5) is 4.20. The first-order chi connectivity index (χ1) is 8.86. The molecule has 0 bridgehead atoms. The average molecular weight is 281 g/mol. The van der Waals surface area contributed by atoms with Gasteiger partial charge in [-0.1, -0.05) is 32.4 Å². The topological polar surface area (TPSA) is 24.9 Å². The van der Waals surface area contributed by atoms with Gasteiger partial charge in [-0.05, 0) is 55.6 Å². The van der Waals surface area contributed by atoms with E-state index in [0.717, 1.165) is 17.2 Å². The molecule has 1 aliphatic rings. The van der Waals surface area contributed by atoms with Gasteiger partial charge in [0.1, 0.15) is 5.15 Å². The van der Waals surface area contributed by atoms with Crippen molar-refractivity contribution in [3.05, 3.63) is 23.0 Å². The van der Waals surface area contributed by atoms with Gasteiger partial charge in [0.15, 0.2) is 0 Å². The maximum Gasteiger partial charge on any atom is 0.132 e. The van der Waals surface area contributed by atoms with E-state index in [0.29, 0.717) is 16.6 Å². The third-order valence-electron chi connectivity index (χ3n) is 4.34. The number of halogens is 1. The van der Waals surface area contributed by atoms with E-state index in [1.165, 1.54) is 25.7 Å². The zero-order valence-corrected chi connectivity index (χ0v) is 13.2. The third-order valence-corrected chi connectivity index (χ3v) is 4.73. The minimum absolute atomic E-state index is 0.448. The molecular formula is C16H25ClN2.